The van der Waals surface area contributed by atoms with Crippen LogP contribution in [-0.4, -0.2) is 32.4 Å². The Morgan fingerprint density at radius 2 is 1.81 bits per heavy atom. The quantitative estimate of drug-likeness (QED) is 0.370. The standard InChI is InChI=1S/C22H19N5O4/c1-3-31-21-11-6-15(12-20(21)27(29)30)22(28)23-16-7-10-18-19(13-16)25-26(24-18)17-8-4-14(2)5-9-17/h4-13H,3H2,1-2H3,(H,23,28). The monoisotopic (exact) mass is 417 g/mol. The highest BCUT2D eigenvalue weighted by Crippen LogP contribution is 2.28. The predicted octanol–water partition coefficient (Wildman–Crippen LogP) is 4.29. The maximum Gasteiger partial charge on any atom is 0.311 e. The van der Waals surface area contributed by atoms with E-state index in [1.165, 1.54) is 23.0 Å². The maximum atomic E-state index is 12.6. The van der Waals surface area contributed by atoms with Gasteiger partial charge in [-0.15, -0.1) is 10.2 Å². The number of carbonyl (C=O) groups is 1. The fourth-order valence-electron chi connectivity index (χ4n) is 3.07. The number of anilines is 1. The Hall–Kier alpha value is -4.27. The van der Waals surface area contributed by atoms with Crippen molar-refractivity contribution >= 4 is 28.3 Å². The van der Waals surface area contributed by atoms with E-state index in [2.05, 4.69) is 15.5 Å². The molecule has 0 fully saturated rings. The lowest BCUT2D eigenvalue weighted by Gasteiger charge is -2.07. The summed E-state index contributed by atoms with van der Waals surface area (Å²) in [6.45, 7) is 4.02. The Balaban J connectivity index is 1.58. The van der Waals surface area contributed by atoms with Crippen LogP contribution in [0.3, 0.4) is 0 Å². The van der Waals surface area contributed by atoms with Crippen LogP contribution in [0.5, 0.6) is 5.75 Å². The number of benzene rings is 3. The number of fused-ring (bicyclic) bond motifs is 1. The summed E-state index contributed by atoms with van der Waals surface area (Å²) in [6.07, 6.45) is 0. The first-order valence-electron chi connectivity index (χ1n) is 9.61. The molecule has 0 saturated heterocycles. The minimum atomic E-state index is -0.572. The van der Waals surface area contributed by atoms with Crippen LogP contribution >= 0.6 is 0 Å². The third-order valence-electron chi connectivity index (χ3n) is 4.62. The Morgan fingerprint density at radius 1 is 1.06 bits per heavy atom. The molecule has 0 aliphatic rings. The Morgan fingerprint density at radius 3 is 2.52 bits per heavy atom. The van der Waals surface area contributed by atoms with Crippen LogP contribution in [0.4, 0.5) is 11.4 Å². The molecular formula is C22H19N5O4. The number of aromatic nitrogens is 3. The third kappa shape index (κ3) is 4.20. The van der Waals surface area contributed by atoms with Crippen molar-refractivity contribution in [1.29, 1.82) is 0 Å². The molecule has 0 spiro atoms. The second-order valence-electron chi connectivity index (χ2n) is 6.86. The molecule has 1 heterocycles. The van der Waals surface area contributed by atoms with E-state index in [1.54, 1.807) is 25.1 Å². The van der Waals surface area contributed by atoms with E-state index < -0.39 is 10.8 Å². The summed E-state index contributed by atoms with van der Waals surface area (Å²) in [7, 11) is 0. The van der Waals surface area contributed by atoms with E-state index >= 15 is 0 Å². The zero-order valence-electron chi connectivity index (χ0n) is 16.9. The average molecular weight is 417 g/mol. The number of hydrogen-bond donors (Lipinski definition) is 1. The fraction of sp³-hybridized carbons (Fsp3) is 0.136. The van der Waals surface area contributed by atoms with Gasteiger partial charge in [0.2, 0.25) is 0 Å². The summed E-state index contributed by atoms with van der Waals surface area (Å²) in [5, 5.41) is 23.0. The summed E-state index contributed by atoms with van der Waals surface area (Å²) in [4.78, 5) is 24.9. The number of aryl methyl sites for hydroxylation is 1. The van der Waals surface area contributed by atoms with Crippen LogP contribution in [0.25, 0.3) is 16.7 Å². The largest absolute Gasteiger partial charge is 0.487 e. The molecule has 4 aromatic rings. The molecule has 1 amide bonds. The maximum absolute atomic E-state index is 12.6. The molecule has 9 nitrogen and oxygen atoms in total. The zero-order valence-corrected chi connectivity index (χ0v) is 16.9. The van der Waals surface area contributed by atoms with Crippen molar-refractivity contribution < 1.29 is 14.5 Å². The minimum Gasteiger partial charge on any atom is -0.487 e. The molecule has 9 heteroatoms. The highest BCUT2D eigenvalue weighted by molar-refractivity contribution is 6.05. The number of nitro groups is 1. The molecule has 156 valence electrons. The van der Waals surface area contributed by atoms with Gasteiger partial charge >= 0.3 is 5.69 Å². The molecule has 0 bridgehead atoms. The van der Waals surface area contributed by atoms with Crippen molar-refractivity contribution in [3.63, 3.8) is 0 Å². The van der Waals surface area contributed by atoms with Gasteiger partial charge in [-0.3, -0.25) is 14.9 Å². The summed E-state index contributed by atoms with van der Waals surface area (Å²) >= 11 is 0. The number of ether oxygens (including phenoxy) is 1. The molecule has 1 N–H and O–H groups in total. The number of carbonyl (C=O) groups excluding carboxylic acids is 1. The van der Waals surface area contributed by atoms with Crippen LogP contribution in [-0.2, 0) is 0 Å². The van der Waals surface area contributed by atoms with Gasteiger partial charge < -0.3 is 10.1 Å². The van der Waals surface area contributed by atoms with Crippen LogP contribution in [0.2, 0.25) is 0 Å². The number of hydrogen-bond acceptors (Lipinski definition) is 6. The molecular weight excluding hydrogens is 398 g/mol. The van der Waals surface area contributed by atoms with Gasteiger partial charge in [0.1, 0.15) is 11.0 Å². The van der Waals surface area contributed by atoms with Gasteiger partial charge in [-0.05, 0) is 56.3 Å². The molecule has 0 saturated carbocycles. The van der Waals surface area contributed by atoms with Crippen LogP contribution in [0.1, 0.15) is 22.8 Å². The summed E-state index contributed by atoms with van der Waals surface area (Å²) in [5.74, 6) is -0.352. The second kappa shape index (κ2) is 8.23. The molecule has 31 heavy (non-hydrogen) atoms. The van der Waals surface area contributed by atoms with Crippen molar-refractivity contribution in [2.45, 2.75) is 13.8 Å². The number of amides is 1. The zero-order chi connectivity index (χ0) is 22.0. The minimum absolute atomic E-state index is 0.123. The van der Waals surface area contributed by atoms with Crippen molar-refractivity contribution in [3.8, 4) is 11.4 Å². The van der Waals surface area contributed by atoms with Gasteiger partial charge in [-0.1, -0.05) is 17.7 Å². The molecule has 0 atom stereocenters. The van der Waals surface area contributed by atoms with E-state index in [-0.39, 0.29) is 23.6 Å². The van der Waals surface area contributed by atoms with Crippen LogP contribution in [0, 0.1) is 17.0 Å². The normalized spacial score (nSPS) is 10.8. The fourth-order valence-corrected chi connectivity index (χ4v) is 3.07. The number of nitrogens with zero attached hydrogens (tertiary/aromatic N) is 4. The average Bonchev–Trinajstić information content (AvgIpc) is 3.18. The van der Waals surface area contributed by atoms with E-state index in [1.807, 2.05) is 31.2 Å². The van der Waals surface area contributed by atoms with Gasteiger partial charge in [0, 0.05) is 17.3 Å². The van der Waals surface area contributed by atoms with E-state index in [9.17, 15) is 14.9 Å². The first-order chi connectivity index (χ1) is 14.9. The topological polar surface area (TPSA) is 112 Å². The Kier molecular flexibility index (Phi) is 5.31. The van der Waals surface area contributed by atoms with Gasteiger partial charge in [0.25, 0.3) is 5.91 Å². The van der Waals surface area contributed by atoms with Crippen LogP contribution < -0.4 is 10.1 Å². The summed E-state index contributed by atoms with van der Waals surface area (Å²) < 4.78 is 5.25. The van der Waals surface area contributed by atoms with E-state index in [0.717, 1.165) is 11.3 Å². The highest BCUT2D eigenvalue weighted by atomic mass is 16.6. The molecule has 4 rings (SSSR count). The van der Waals surface area contributed by atoms with Gasteiger partial charge in [-0.2, -0.15) is 4.80 Å². The lowest BCUT2D eigenvalue weighted by molar-refractivity contribution is -0.385. The van der Waals surface area contributed by atoms with Gasteiger partial charge in [0.15, 0.2) is 5.75 Å². The molecule has 1 aromatic heterocycles. The van der Waals surface area contributed by atoms with Gasteiger partial charge in [0.05, 0.1) is 17.2 Å². The second-order valence-corrected chi connectivity index (χ2v) is 6.86. The lowest BCUT2D eigenvalue weighted by Crippen LogP contribution is -2.12. The first-order valence-corrected chi connectivity index (χ1v) is 9.61. The van der Waals surface area contributed by atoms with Crippen molar-refractivity contribution in [1.82, 2.24) is 15.0 Å². The van der Waals surface area contributed by atoms with Gasteiger partial charge in [-0.25, -0.2) is 0 Å². The highest BCUT2D eigenvalue weighted by Gasteiger charge is 2.19. The third-order valence-corrected chi connectivity index (χ3v) is 4.62. The Bertz CT molecular complexity index is 1280. The van der Waals surface area contributed by atoms with Crippen molar-refractivity contribution in [2.75, 3.05) is 11.9 Å². The predicted molar refractivity (Wildman–Crippen MR) is 116 cm³/mol. The number of nitro benzene ring substituents is 1. The summed E-state index contributed by atoms with van der Waals surface area (Å²) in [6, 6.07) is 17.1. The molecule has 3 aromatic carbocycles. The first kappa shape index (κ1) is 20.0. The van der Waals surface area contributed by atoms with Crippen LogP contribution in [0.15, 0.2) is 60.7 Å². The lowest BCUT2D eigenvalue weighted by atomic mass is 10.1. The number of nitrogens with one attached hydrogen (secondary N) is 1. The van der Waals surface area contributed by atoms with E-state index in [0.29, 0.717) is 16.7 Å². The molecule has 0 unspecified atom stereocenters. The van der Waals surface area contributed by atoms with E-state index in [4.69, 9.17) is 4.74 Å². The smallest absolute Gasteiger partial charge is 0.311 e. The number of rotatable bonds is 6. The van der Waals surface area contributed by atoms with Crippen molar-refractivity contribution in [2.24, 2.45) is 0 Å². The molecule has 0 radical (unpaired) electrons. The molecule has 0 aliphatic heterocycles. The Labute approximate surface area is 177 Å². The molecule has 0 aliphatic carbocycles. The van der Waals surface area contributed by atoms with Crippen molar-refractivity contribution in [3.05, 3.63) is 81.9 Å². The SMILES string of the molecule is CCOc1ccc(C(=O)Nc2ccc3nn(-c4ccc(C)cc4)nc3c2)cc1[N+](=O)[O-]. The summed E-state index contributed by atoms with van der Waals surface area (Å²) in [5.41, 5.74) is 3.65.